The molecule has 0 atom stereocenters. The molecular weight excluding hydrogens is 336 g/mol. The minimum absolute atomic E-state index is 0.548. The molecule has 27 heavy (non-hydrogen) atoms. The molecular formula is C23H18N2O2. The van der Waals surface area contributed by atoms with Gasteiger partial charge in [-0.15, -0.1) is 0 Å². The van der Waals surface area contributed by atoms with Gasteiger partial charge in [-0.1, -0.05) is 42.5 Å². The van der Waals surface area contributed by atoms with Crippen molar-refractivity contribution in [1.29, 1.82) is 0 Å². The van der Waals surface area contributed by atoms with Gasteiger partial charge in [0.05, 0.1) is 23.8 Å². The van der Waals surface area contributed by atoms with Crippen LogP contribution in [-0.4, -0.2) is 16.2 Å². The normalized spacial score (nSPS) is 11.3. The summed E-state index contributed by atoms with van der Waals surface area (Å²) in [5.74, 6) is 2.46. The van der Waals surface area contributed by atoms with Gasteiger partial charge in [0, 0.05) is 0 Å². The fourth-order valence-corrected chi connectivity index (χ4v) is 3.41. The van der Waals surface area contributed by atoms with Gasteiger partial charge in [-0.3, -0.25) is 0 Å². The Balaban J connectivity index is 1.41. The van der Waals surface area contributed by atoms with E-state index in [1.807, 2.05) is 48.5 Å². The highest BCUT2D eigenvalue weighted by Crippen LogP contribution is 2.25. The molecule has 0 amide bonds. The Morgan fingerprint density at radius 1 is 0.852 bits per heavy atom. The minimum Gasteiger partial charge on any atom is -0.492 e. The molecule has 5 rings (SSSR count). The van der Waals surface area contributed by atoms with E-state index in [0.29, 0.717) is 13.2 Å². The summed E-state index contributed by atoms with van der Waals surface area (Å²) in [7, 11) is 0. The first kappa shape index (κ1) is 15.7. The number of para-hydroxylation sites is 2. The Morgan fingerprint density at radius 2 is 1.70 bits per heavy atom. The Bertz CT molecular complexity index is 1210. The second-order valence-corrected chi connectivity index (χ2v) is 6.41. The van der Waals surface area contributed by atoms with E-state index in [2.05, 4.69) is 34.9 Å². The van der Waals surface area contributed by atoms with Crippen LogP contribution in [0.1, 0.15) is 0 Å². The third kappa shape index (κ3) is 2.95. The van der Waals surface area contributed by atoms with Crippen LogP contribution in [-0.2, 0) is 6.54 Å². The average molecular weight is 354 g/mol. The standard InChI is InChI=1S/C23H18N2O2/c1-2-7-18-16-19(12-11-17(18)6-1)26-15-13-25-21-9-4-3-8-20(21)24-23(25)22-10-5-14-27-22/h1-12,14,16H,13,15H2. The first-order chi connectivity index (χ1) is 13.4. The molecule has 2 aromatic heterocycles. The third-order valence-electron chi connectivity index (χ3n) is 4.70. The summed E-state index contributed by atoms with van der Waals surface area (Å²) >= 11 is 0. The van der Waals surface area contributed by atoms with Crippen molar-refractivity contribution < 1.29 is 9.15 Å². The summed E-state index contributed by atoms with van der Waals surface area (Å²) < 4.78 is 13.8. The maximum atomic E-state index is 6.03. The molecule has 2 heterocycles. The average Bonchev–Trinajstić information content (AvgIpc) is 3.36. The number of benzene rings is 3. The highest BCUT2D eigenvalue weighted by molar-refractivity contribution is 5.83. The van der Waals surface area contributed by atoms with Crippen molar-refractivity contribution in [3.63, 3.8) is 0 Å². The number of ether oxygens (including phenoxy) is 1. The Hall–Kier alpha value is -3.53. The van der Waals surface area contributed by atoms with E-state index >= 15 is 0 Å². The van der Waals surface area contributed by atoms with Gasteiger partial charge in [-0.25, -0.2) is 4.98 Å². The van der Waals surface area contributed by atoms with Crippen molar-refractivity contribution >= 4 is 21.8 Å². The van der Waals surface area contributed by atoms with Crippen LogP contribution < -0.4 is 4.74 Å². The number of hydrogen-bond acceptors (Lipinski definition) is 3. The molecule has 0 fully saturated rings. The monoisotopic (exact) mass is 354 g/mol. The molecule has 0 spiro atoms. The molecule has 0 saturated heterocycles. The van der Waals surface area contributed by atoms with E-state index in [0.717, 1.165) is 28.4 Å². The number of fused-ring (bicyclic) bond motifs is 2. The van der Waals surface area contributed by atoms with Gasteiger partial charge in [0.2, 0.25) is 0 Å². The fourth-order valence-electron chi connectivity index (χ4n) is 3.41. The van der Waals surface area contributed by atoms with Crippen LogP contribution in [0.4, 0.5) is 0 Å². The summed E-state index contributed by atoms with van der Waals surface area (Å²) in [6.07, 6.45) is 1.67. The molecule has 0 aliphatic carbocycles. The summed E-state index contributed by atoms with van der Waals surface area (Å²) in [5.41, 5.74) is 2.03. The van der Waals surface area contributed by atoms with Crippen molar-refractivity contribution in [2.45, 2.75) is 6.54 Å². The van der Waals surface area contributed by atoms with Crippen molar-refractivity contribution in [2.24, 2.45) is 0 Å². The molecule has 0 bridgehead atoms. The van der Waals surface area contributed by atoms with E-state index < -0.39 is 0 Å². The lowest BCUT2D eigenvalue weighted by atomic mass is 10.1. The maximum absolute atomic E-state index is 6.03. The van der Waals surface area contributed by atoms with Crippen LogP contribution in [0.2, 0.25) is 0 Å². The van der Waals surface area contributed by atoms with Gasteiger partial charge in [-0.05, 0) is 47.2 Å². The van der Waals surface area contributed by atoms with Gasteiger partial charge < -0.3 is 13.7 Å². The van der Waals surface area contributed by atoms with Crippen LogP contribution in [0.3, 0.4) is 0 Å². The largest absolute Gasteiger partial charge is 0.492 e. The summed E-state index contributed by atoms with van der Waals surface area (Å²) in [5, 5.41) is 2.39. The predicted molar refractivity (Wildman–Crippen MR) is 107 cm³/mol. The minimum atomic E-state index is 0.548. The molecule has 4 heteroatoms. The lowest BCUT2D eigenvalue weighted by Crippen LogP contribution is -2.09. The molecule has 0 N–H and O–H groups in total. The van der Waals surface area contributed by atoms with Crippen LogP contribution in [0.5, 0.6) is 5.75 Å². The summed E-state index contributed by atoms with van der Waals surface area (Å²) in [6, 6.07) is 26.4. The van der Waals surface area contributed by atoms with E-state index in [-0.39, 0.29) is 0 Å². The van der Waals surface area contributed by atoms with Crippen molar-refractivity contribution in [3.8, 4) is 17.3 Å². The van der Waals surface area contributed by atoms with E-state index in [1.54, 1.807) is 6.26 Å². The summed E-state index contributed by atoms with van der Waals surface area (Å²) in [6.45, 7) is 1.23. The van der Waals surface area contributed by atoms with Gasteiger partial charge >= 0.3 is 0 Å². The second kappa shape index (κ2) is 6.65. The zero-order chi connectivity index (χ0) is 18.1. The highest BCUT2D eigenvalue weighted by Gasteiger charge is 2.14. The first-order valence-corrected chi connectivity index (χ1v) is 8.99. The lowest BCUT2D eigenvalue weighted by molar-refractivity contribution is 0.301. The van der Waals surface area contributed by atoms with Gasteiger partial charge in [-0.2, -0.15) is 0 Å². The van der Waals surface area contributed by atoms with Crippen molar-refractivity contribution in [1.82, 2.24) is 9.55 Å². The third-order valence-corrected chi connectivity index (χ3v) is 4.70. The number of imidazole rings is 1. The Kier molecular flexibility index (Phi) is 3.87. The SMILES string of the molecule is c1coc(-c2nc3ccccc3n2CCOc2ccc3ccccc3c2)c1. The van der Waals surface area contributed by atoms with E-state index in [1.165, 1.54) is 10.8 Å². The Morgan fingerprint density at radius 3 is 2.59 bits per heavy atom. The van der Waals surface area contributed by atoms with Gasteiger partial charge in [0.15, 0.2) is 11.6 Å². The number of nitrogens with zero attached hydrogens (tertiary/aromatic N) is 2. The number of rotatable bonds is 5. The molecule has 0 aliphatic rings. The zero-order valence-corrected chi connectivity index (χ0v) is 14.7. The fraction of sp³-hybridized carbons (Fsp3) is 0.0870. The lowest BCUT2D eigenvalue weighted by Gasteiger charge is -2.10. The first-order valence-electron chi connectivity index (χ1n) is 8.99. The smallest absolute Gasteiger partial charge is 0.177 e. The molecule has 4 nitrogen and oxygen atoms in total. The molecule has 0 aliphatic heterocycles. The van der Waals surface area contributed by atoms with Crippen LogP contribution in [0.25, 0.3) is 33.4 Å². The van der Waals surface area contributed by atoms with Crippen molar-refractivity contribution in [2.75, 3.05) is 6.61 Å². The number of hydrogen-bond donors (Lipinski definition) is 0. The number of furan rings is 1. The topological polar surface area (TPSA) is 40.2 Å². The van der Waals surface area contributed by atoms with Gasteiger partial charge in [0.1, 0.15) is 12.4 Å². The Labute approximate surface area is 156 Å². The predicted octanol–water partition coefficient (Wildman–Crippen LogP) is 5.53. The molecule has 0 unspecified atom stereocenters. The molecule has 0 saturated carbocycles. The van der Waals surface area contributed by atoms with Crippen LogP contribution in [0.15, 0.2) is 89.5 Å². The molecule has 0 radical (unpaired) electrons. The van der Waals surface area contributed by atoms with Crippen LogP contribution in [0, 0.1) is 0 Å². The quantitative estimate of drug-likeness (QED) is 0.417. The maximum Gasteiger partial charge on any atom is 0.177 e. The van der Waals surface area contributed by atoms with Crippen LogP contribution >= 0.6 is 0 Å². The summed E-state index contributed by atoms with van der Waals surface area (Å²) in [4.78, 5) is 4.74. The zero-order valence-electron chi connectivity index (χ0n) is 14.7. The highest BCUT2D eigenvalue weighted by atomic mass is 16.5. The molecule has 132 valence electrons. The second-order valence-electron chi connectivity index (χ2n) is 6.41. The molecule has 3 aromatic carbocycles. The molecule has 5 aromatic rings. The van der Waals surface area contributed by atoms with Crippen molar-refractivity contribution in [3.05, 3.63) is 85.1 Å². The number of aromatic nitrogens is 2. The van der Waals surface area contributed by atoms with E-state index in [9.17, 15) is 0 Å². The van der Waals surface area contributed by atoms with Gasteiger partial charge in [0.25, 0.3) is 0 Å². The van der Waals surface area contributed by atoms with E-state index in [4.69, 9.17) is 14.1 Å².